The summed E-state index contributed by atoms with van der Waals surface area (Å²) in [6.07, 6.45) is 2.83. The van der Waals surface area contributed by atoms with Gasteiger partial charge >= 0.3 is 0 Å². The number of rotatable bonds is 9. The molecule has 1 atom stereocenters. The van der Waals surface area contributed by atoms with Crippen molar-refractivity contribution in [3.8, 4) is 5.75 Å². The molecule has 0 aliphatic heterocycles. The van der Waals surface area contributed by atoms with Crippen LogP contribution in [0, 0.1) is 0 Å². The van der Waals surface area contributed by atoms with Crippen LogP contribution in [0.5, 0.6) is 5.75 Å². The van der Waals surface area contributed by atoms with Gasteiger partial charge in [0.25, 0.3) is 0 Å². The molecule has 0 spiro atoms. The maximum Gasteiger partial charge on any atom is 0.242 e. The number of guanidine groups is 1. The molecule has 3 N–H and O–H groups in total. The van der Waals surface area contributed by atoms with E-state index in [0.29, 0.717) is 30.4 Å². The standard InChI is InChI=1S/C21H27N5O4S.HI/c1-4-29-18-9-5-7-16-13-19(30-20(16)18)15(2)26-21(22-3)24-11-12-25-31(27,28)17-8-6-10-23-14-17;/h5-10,13-15,25H,4,11-12H2,1-3H3,(H2,22,24,26);1H. The van der Waals surface area contributed by atoms with Crippen LogP contribution in [0.4, 0.5) is 0 Å². The van der Waals surface area contributed by atoms with Crippen molar-refractivity contribution in [3.63, 3.8) is 0 Å². The van der Waals surface area contributed by atoms with Crippen molar-refractivity contribution in [2.75, 3.05) is 26.7 Å². The fraction of sp³-hybridized carbons (Fsp3) is 0.333. The monoisotopic (exact) mass is 573 g/mol. The zero-order valence-electron chi connectivity index (χ0n) is 18.2. The van der Waals surface area contributed by atoms with Crippen LogP contribution in [0.2, 0.25) is 0 Å². The maximum atomic E-state index is 12.2. The Morgan fingerprint density at radius 3 is 2.75 bits per heavy atom. The third-order valence-corrected chi connectivity index (χ3v) is 5.93. The summed E-state index contributed by atoms with van der Waals surface area (Å²) in [5.41, 5.74) is 0.709. The molecule has 0 bridgehead atoms. The predicted octanol–water partition coefficient (Wildman–Crippen LogP) is 3.05. The van der Waals surface area contributed by atoms with Gasteiger partial charge in [0.1, 0.15) is 10.7 Å². The van der Waals surface area contributed by atoms with Crippen molar-refractivity contribution < 1.29 is 17.6 Å². The highest BCUT2D eigenvalue weighted by molar-refractivity contribution is 14.0. The number of ether oxygens (including phenoxy) is 1. The number of nitrogens with one attached hydrogen (secondary N) is 3. The number of furan rings is 1. The summed E-state index contributed by atoms with van der Waals surface area (Å²) in [5, 5.41) is 7.29. The topological polar surface area (TPSA) is 118 Å². The average Bonchev–Trinajstić information content (AvgIpc) is 3.22. The minimum absolute atomic E-state index is 0. The maximum absolute atomic E-state index is 12.2. The number of nitrogens with zero attached hydrogens (tertiary/aromatic N) is 2. The highest BCUT2D eigenvalue weighted by Crippen LogP contribution is 2.31. The van der Waals surface area contributed by atoms with Gasteiger partial charge in [-0.1, -0.05) is 12.1 Å². The van der Waals surface area contributed by atoms with E-state index in [1.165, 1.54) is 18.5 Å². The molecule has 0 saturated carbocycles. The van der Waals surface area contributed by atoms with Crippen LogP contribution < -0.4 is 20.1 Å². The van der Waals surface area contributed by atoms with Gasteiger partial charge < -0.3 is 19.8 Å². The molecule has 3 rings (SSSR count). The lowest BCUT2D eigenvalue weighted by Gasteiger charge is -2.16. The molecule has 0 aliphatic carbocycles. The molecule has 2 aromatic heterocycles. The van der Waals surface area contributed by atoms with Crippen molar-refractivity contribution in [3.05, 3.63) is 54.6 Å². The predicted molar refractivity (Wildman–Crippen MR) is 135 cm³/mol. The first-order valence-corrected chi connectivity index (χ1v) is 11.4. The van der Waals surface area contributed by atoms with Gasteiger partial charge in [0.2, 0.25) is 10.0 Å². The molecule has 0 radical (unpaired) electrons. The van der Waals surface area contributed by atoms with Crippen molar-refractivity contribution in [1.29, 1.82) is 0 Å². The number of fused-ring (bicyclic) bond motifs is 1. The van der Waals surface area contributed by atoms with Crippen LogP contribution in [0.15, 0.2) is 63.1 Å². The van der Waals surface area contributed by atoms with E-state index in [9.17, 15) is 8.42 Å². The highest BCUT2D eigenvalue weighted by atomic mass is 127. The van der Waals surface area contributed by atoms with E-state index in [0.717, 1.165) is 11.1 Å². The first-order chi connectivity index (χ1) is 14.9. The van der Waals surface area contributed by atoms with Gasteiger partial charge in [-0.05, 0) is 38.1 Å². The molecule has 9 nitrogen and oxygen atoms in total. The third kappa shape index (κ3) is 6.56. The molecule has 2 heterocycles. The number of benzene rings is 1. The number of halogens is 1. The van der Waals surface area contributed by atoms with Gasteiger partial charge in [-0.25, -0.2) is 13.1 Å². The van der Waals surface area contributed by atoms with Gasteiger partial charge in [-0.2, -0.15) is 0 Å². The van der Waals surface area contributed by atoms with Gasteiger partial charge in [0.15, 0.2) is 17.3 Å². The summed E-state index contributed by atoms with van der Waals surface area (Å²) in [7, 11) is -1.95. The minimum atomic E-state index is -3.59. The van der Waals surface area contributed by atoms with Crippen LogP contribution in [0.25, 0.3) is 11.0 Å². The van der Waals surface area contributed by atoms with Crippen LogP contribution >= 0.6 is 24.0 Å². The molecule has 0 saturated heterocycles. The fourth-order valence-electron chi connectivity index (χ4n) is 2.97. The quantitative estimate of drug-likeness (QED) is 0.156. The Balaban J connectivity index is 0.00000363. The molecule has 174 valence electrons. The molecule has 32 heavy (non-hydrogen) atoms. The fourth-order valence-corrected chi connectivity index (χ4v) is 3.96. The SMILES string of the molecule is CCOc1cccc2cc(C(C)NC(=NC)NCCNS(=O)(=O)c3cccnc3)oc12.I. The molecule has 0 amide bonds. The van der Waals surface area contributed by atoms with E-state index >= 15 is 0 Å². The molecule has 0 fully saturated rings. The largest absolute Gasteiger partial charge is 0.490 e. The van der Waals surface area contributed by atoms with E-state index in [1.54, 1.807) is 13.1 Å². The summed E-state index contributed by atoms with van der Waals surface area (Å²) in [4.78, 5) is 8.15. The number of sulfonamides is 1. The number of para-hydroxylation sites is 1. The highest BCUT2D eigenvalue weighted by Gasteiger charge is 2.16. The van der Waals surface area contributed by atoms with Crippen molar-refractivity contribution in [2.45, 2.75) is 24.8 Å². The lowest BCUT2D eigenvalue weighted by molar-refractivity contribution is 0.336. The number of aromatic nitrogens is 1. The van der Waals surface area contributed by atoms with Crippen molar-refractivity contribution >= 4 is 50.9 Å². The van der Waals surface area contributed by atoms with Crippen LogP contribution in [0.1, 0.15) is 25.6 Å². The summed E-state index contributed by atoms with van der Waals surface area (Å²) in [5.74, 6) is 1.97. The molecule has 1 aromatic carbocycles. The Labute approximate surface area is 205 Å². The van der Waals surface area contributed by atoms with Crippen LogP contribution in [0.3, 0.4) is 0 Å². The summed E-state index contributed by atoms with van der Waals surface area (Å²) < 4.78 is 38.6. The Bertz CT molecular complexity index is 1140. The molecule has 1 unspecified atom stereocenters. The normalized spacial score (nSPS) is 12.8. The Kier molecular flexibility index (Phi) is 9.72. The lowest BCUT2D eigenvalue weighted by Crippen LogP contribution is -2.42. The van der Waals surface area contributed by atoms with E-state index in [1.807, 2.05) is 38.1 Å². The van der Waals surface area contributed by atoms with E-state index in [4.69, 9.17) is 9.15 Å². The zero-order chi connectivity index (χ0) is 22.3. The van der Waals surface area contributed by atoms with Gasteiger partial charge in [-0.15, -0.1) is 24.0 Å². The van der Waals surface area contributed by atoms with Gasteiger partial charge in [-0.3, -0.25) is 9.98 Å². The second kappa shape index (κ2) is 12.0. The van der Waals surface area contributed by atoms with E-state index in [-0.39, 0.29) is 41.5 Å². The smallest absolute Gasteiger partial charge is 0.242 e. The number of aliphatic imine (C=N–C) groups is 1. The second-order valence-electron chi connectivity index (χ2n) is 6.71. The molecule has 3 aromatic rings. The average molecular weight is 573 g/mol. The van der Waals surface area contributed by atoms with Crippen LogP contribution in [-0.4, -0.2) is 46.1 Å². The Hall–Kier alpha value is -2.38. The van der Waals surface area contributed by atoms with Crippen molar-refractivity contribution in [2.24, 2.45) is 4.99 Å². The van der Waals surface area contributed by atoms with Gasteiger partial charge in [0.05, 0.1) is 12.6 Å². The molecular formula is C21H28IN5O4S. The molecule has 11 heteroatoms. The zero-order valence-corrected chi connectivity index (χ0v) is 21.3. The van der Waals surface area contributed by atoms with Crippen molar-refractivity contribution in [1.82, 2.24) is 20.3 Å². The summed E-state index contributed by atoms with van der Waals surface area (Å²) in [6, 6.07) is 10.6. The lowest BCUT2D eigenvalue weighted by atomic mass is 10.2. The summed E-state index contributed by atoms with van der Waals surface area (Å²) >= 11 is 0. The van der Waals surface area contributed by atoms with E-state index in [2.05, 4.69) is 25.3 Å². The Morgan fingerprint density at radius 2 is 2.06 bits per heavy atom. The molecular weight excluding hydrogens is 545 g/mol. The third-order valence-electron chi connectivity index (χ3n) is 4.48. The number of hydrogen-bond acceptors (Lipinski definition) is 6. The van der Waals surface area contributed by atoms with Gasteiger partial charge in [0, 0.05) is 37.9 Å². The first kappa shape index (κ1) is 25.9. The molecule has 0 aliphatic rings. The second-order valence-corrected chi connectivity index (χ2v) is 8.47. The number of hydrogen-bond donors (Lipinski definition) is 3. The van der Waals surface area contributed by atoms with E-state index < -0.39 is 10.0 Å². The Morgan fingerprint density at radius 1 is 1.25 bits per heavy atom. The summed E-state index contributed by atoms with van der Waals surface area (Å²) in [6.45, 7) is 4.98. The first-order valence-electron chi connectivity index (χ1n) is 9.96. The number of pyridine rings is 1. The van der Waals surface area contributed by atoms with Crippen LogP contribution in [-0.2, 0) is 10.0 Å². The minimum Gasteiger partial charge on any atom is -0.490 e.